The molecule has 3 rings (SSSR count). The smallest absolute Gasteiger partial charge is 0.407 e. The second-order valence-electron chi connectivity index (χ2n) is 26.6. The summed E-state index contributed by atoms with van der Waals surface area (Å²) in [5.74, 6) is 2.16. The molecule has 0 aliphatic carbocycles. The number of benzene rings is 3. The summed E-state index contributed by atoms with van der Waals surface area (Å²) in [7, 11) is 0. The van der Waals surface area contributed by atoms with Gasteiger partial charge in [0.2, 0.25) is 0 Å². The van der Waals surface area contributed by atoms with Crippen LogP contribution in [0.3, 0.4) is 0 Å². The van der Waals surface area contributed by atoms with Crippen LogP contribution in [0.4, 0.5) is 9.59 Å². The predicted octanol–water partition coefficient (Wildman–Crippen LogP) is 14.5. The van der Waals surface area contributed by atoms with Crippen LogP contribution in [0, 0.1) is 23.2 Å². The Morgan fingerprint density at radius 2 is 0.989 bits per heavy atom. The van der Waals surface area contributed by atoms with Crippen molar-refractivity contribution in [3.63, 3.8) is 0 Å². The second-order valence-corrected chi connectivity index (χ2v) is 26.6. The van der Waals surface area contributed by atoms with Gasteiger partial charge in [0, 0.05) is 50.8 Å². The predicted molar refractivity (Wildman–Crippen MR) is 348 cm³/mol. The van der Waals surface area contributed by atoms with Crippen molar-refractivity contribution < 1.29 is 76.0 Å². The van der Waals surface area contributed by atoms with Gasteiger partial charge in [-0.05, 0) is 169 Å². The van der Waals surface area contributed by atoms with Crippen LogP contribution >= 0.6 is 0 Å². The molecule has 0 spiro atoms. The van der Waals surface area contributed by atoms with Gasteiger partial charge in [0.1, 0.15) is 34.2 Å². The number of esters is 1. The zero-order valence-electron chi connectivity index (χ0n) is 56.8. The largest absolute Gasteiger partial charge is 0.493 e. The Balaban J connectivity index is 1.36. The van der Waals surface area contributed by atoms with Crippen LogP contribution in [0.15, 0.2) is 97.1 Å². The van der Waals surface area contributed by atoms with Gasteiger partial charge in [0.15, 0.2) is 0 Å². The van der Waals surface area contributed by atoms with Crippen LogP contribution in [0.2, 0.25) is 0 Å². The molecule has 89 heavy (non-hydrogen) atoms. The van der Waals surface area contributed by atoms with Crippen molar-refractivity contribution in [2.24, 2.45) is 23.2 Å². The number of para-hydroxylation sites is 2. The van der Waals surface area contributed by atoms with Crippen LogP contribution in [-0.4, -0.2) is 138 Å². The van der Waals surface area contributed by atoms with Crippen molar-refractivity contribution in [2.45, 2.75) is 202 Å². The quantitative estimate of drug-likeness (QED) is 0.0177. The summed E-state index contributed by atoms with van der Waals surface area (Å²) >= 11 is 0. The van der Waals surface area contributed by atoms with Gasteiger partial charge in [0.05, 0.1) is 87.6 Å². The highest BCUT2D eigenvalue weighted by atomic mass is 16.6. The number of nitrogens with one attached hydrogen (secondary N) is 2. The fraction of sp³-hybridized carbons (Fsp3) is 0.662. The van der Waals surface area contributed by atoms with Gasteiger partial charge in [-0.15, -0.1) is 0 Å². The zero-order chi connectivity index (χ0) is 66.0. The molecule has 3 aromatic carbocycles. The fourth-order valence-corrected chi connectivity index (χ4v) is 9.02. The van der Waals surface area contributed by atoms with E-state index in [2.05, 4.69) is 86.4 Å². The van der Waals surface area contributed by atoms with Crippen molar-refractivity contribution in [3.05, 3.63) is 97.1 Å². The molecule has 0 bridgehead atoms. The van der Waals surface area contributed by atoms with E-state index in [0.717, 1.165) is 55.8 Å². The molecule has 0 saturated carbocycles. The lowest BCUT2D eigenvalue weighted by Crippen LogP contribution is -2.48. The third-order valence-electron chi connectivity index (χ3n) is 16.6. The Hall–Kier alpha value is -6.08. The minimum atomic E-state index is -0.955. The first-order valence-corrected chi connectivity index (χ1v) is 32.0. The molecule has 0 radical (unpaired) electrons. The highest BCUT2D eigenvalue weighted by molar-refractivity contribution is 5.86. The summed E-state index contributed by atoms with van der Waals surface area (Å²) in [5.41, 5.74) is -3.03. The average molecular weight is 1250 g/mol. The first kappa shape index (κ1) is 77.2. The number of amides is 2. The van der Waals surface area contributed by atoms with E-state index in [4.69, 9.17) is 56.8 Å². The van der Waals surface area contributed by atoms with E-state index in [1.54, 1.807) is 6.92 Å². The van der Waals surface area contributed by atoms with Crippen LogP contribution < -0.4 is 29.6 Å². The first-order chi connectivity index (χ1) is 42.0. The number of ether oxygens (including phenoxy) is 12. The molecule has 18 nitrogen and oxygen atoms in total. The van der Waals surface area contributed by atoms with Crippen LogP contribution in [0.1, 0.15) is 168 Å². The Labute approximate surface area is 533 Å². The van der Waals surface area contributed by atoms with Gasteiger partial charge in [0.25, 0.3) is 6.47 Å². The number of rotatable bonds is 48. The molecule has 502 valence electrons. The van der Waals surface area contributed by atoms with Crippen molar-refractivity contribution in [1.29, 1.82) is 0 Å². The molecule has 0 aliphatic rings. The molecule has 0 saturated heterocycles. The molecular formula is C71H112N2O16. The van der Waals surface area contributed by atoms with Crippen molar-refractivity contribution >= 4 is 24.6 Å². The molecular weight excluding hydrogens is 1140 g/mol. The lowest BCUT2D eigenvalue weighted by atomic mass is 9.73. The summed E-state index contributed by atoms with van der Waals surface area (Å²) in [5, 5.41) is 5.50. The summed E-state index contributed by atoms with van der Waals surface area (Å²) in [6, 6.07) is 26.8. The first-order valence-electron chi connectivity index (χ1n) is 32.0. The lowest BCUT2D eigenvalue weighted by molar-refractivity contribution is -0.139. The van der Waals surface area contributed by atoms with E-state index in [1.165, 1.54) is 0 Å². The van der Waals surface area contributed by atoms with E-state index in [-0.39, 0.29) is 73.4 Å². The molecule has 0 aliphatic heterocycles. The molecule has 0 heterocycles. The summed E-state index contributed by atoms with van der Waals surface area (Å²) < 4.78 is 72.3. The number of alkyl carbamates (subject to hydrolysis) is 2. The molecule has 4 unspecified atom stereocenters. The Kier molecular flexibility index (Phi) is 34.0. The molecule has 4 atom stereocenters. The van der Waals surface area contributed by atoms with Crippen molar-refractivity contribution in [2.75, 3.05) is 79.2 Å². The average Bonchev–Trinajstić information content (AvgIpc) is 3.65. The normalized spacial score (nSPS) is 13.7. The number of carbonyl (C=O) groups excluding carboxylic acids is 4. The number of unbranched alkanes of at least 4 members (excludes halogenated alkanes) is 2. The molecule has 3 aromatic rings. The molecule has 18 heteroatoms. The van der Waals surface area contributed by atoms with Crippen molar-refractivity contribution in [3.8, 4) is 23.0 Å². The molecule has 0 aromatic heterocycles. The van der Waals surface area contributed by atoms with E-state index < -0.39 is 35.0 Å². The highest BCUT2D eigenvalue weighted by Gasteiger charge is 2.42. The maximum absolute atomic E-state index is 13.0. The van der Waals surface area contributed by atoms with E-state index in [0.29, 0.717) is 89.7 Å². The third kappa shape index (κ3) is 32.0. The SMILES string of the molecule is C=C(C)C(=O)OCCCNC(=O)OC(C)(C)C(COc1ccccc1)COC(C)(C)C(C)(C)CCCCOC(C)(C)CCOc1cccc(OCCC(C)(C)OCCCCC(C)C(C)OCC(COc2ccccc2)C(C)(C)OC(=O)NCCCOC=O)c1. The topological polar surface area (TPSA) is 203 Å². The maximum Gasteiger partial charge on any atom is 0.407 e. The van der Waals surface area contributed by atoms with Gasteiger partial charge in [-0.2, -0.15) is 0 Å². The second kappa shape index (κ2) is 39.2. The zero-order valence-corrected chi connectivity index (χ0v) is 56.8. The summed E-state index contributed by atoms with van der Waals surface area (Å²) in [6.07, 6.45) is 6.78. The van der Waals surface area contributed by atoms with Gasteiger partial charge >= 0.3 is 18.2 Å². The van der Waals surface area contributed by atoms with E-state index in [1.807, 2.05) is 113 Å². The fourth-order valence-electron chi connectivity index (χ4n) is 9.02. The molecule has 2 N–H and O–H groups in total. The number of hydrogen-bond acceptors (Lipinski definition) is 16. The van der Waals surface area contributed by atoms with Gasteiger partial charge in [-0.1, -0.05) is 82.7 Å². The van der Waals surface area contributed by atoms with Crippen LogP contribution in [-0.2, 0) is 47.5 Å². The van der Waals surface area contributed by atoms with Gasteiger partial charge in [-0.25, -0.2) is 14.4 Å². The molecule has 0 fully saturated rings. The van der Waals surface area contributed by atoms with E-state index >= 15 is 0 Å². The highest BCUT2D eigenvalue weighted by Crippen LogP contribution is 2.40. The van der Waals surface area contributed by atoms with Gasteiger partial charge in [-0.3, -0.25) is 4.79 Å². The Morgan fingerprint density at radius 3 is 1.48 bits per heavy atom. The van der Waals surface area contributed by atoms with Crippen LogP contribution in [0.5, 0.6) is 23.0 Å². The number of hydrogen-bond donors (Lipinski definition) is 2. The summed E-state index contributed by atoms with van der Waals surface area (Å²) in [4.78, 5) is 47.8. The van der Waals surface area contributed by atoms with Gasteiger partial charge < -0.3 is 67.5 Å². The minimum Gasteiger partial charge on any atom is -0.493 e. The van der Waals surface area contributed by atoms with Crippen molar-refractivity contribution in [1.82, 2.24) is 10.6 Å². The third-order valence-corrected chi connectivity index (χ3v) is 16.6. The number of carbonyl (C=O) groups is 4. The summed E-state index contributed by atoms with van der Waals surface area (Å²) in [6.45, 7) is 38.8. The maximum atomic E-state index is 13.0. The Bertz CT molecular complexity index is 2480. The Morgan fingerprint density at radius 1 is 0.517 bits per heavy atom. The standard InChI is InChI=1S/C71H112N2O16/c1-54(2)63(75)81-43-29-41-73-65(77)89-70(13,14)58(51-84-60-33-21-18-22-34-60)52-87-71(15,16)66(5,6)37-24-26-45-86-68(9,10)39-47-80-62-36-27-35-61(48-62)79-46-38-67(7,8)85-44-25-23-30-55(3)56(4)82-49-57(50-83-59-31-19-17-20-32-59)69(11,12)88-64(76)72-40-28-42-78-53-74/h17-22,27,31-36,48,53,55-58H,1,23-26,28-30,37-47,49-52H2,2-16H3,(H,72,76)(H,73,77). The monoisotopic (exact) mass is 1250 g/mol. The lowest BCUT2D eigenvalue weighted by Gasteiger charge is -2.44. The molecule has 2 amide bonds. The van der Waals surface area contributed by atoms with Crippen LogP contribution in [0.25, 0.3) is 0 Å². The minimum absolute atomic E-state index is 0.0391. The van der Waals surface area contributed by atoms with E-state index in [9.17, 15) is 19.2 Å².